The Bertz CT molecular complexity index is 698. The number of hydrogen-bond donors (Lipinski definition) is 1. The predicted octanol–water partition coefficient (Wildman–Crippen LogP) is 2.43. The zero-order valence-corrected chi connectivity index (χ0v) is 13.5. The number of aromatic nitrogens is 1. The van der Waals surface area contributed by atoms with E-state index in [0.717, 1.165) is 16.9 Å². The fraction of sp³-hybridized carbons (Fsp3) is 0.375. The van der Waals surface area contributed by atoms with Gasteiger partial charge in [-0.1, -0.05) is 23.8 Å². The van der Waals surface area contributed by atoms with Crippen molar-refractivity contribution in [3.05, 3.63) is 41.4 Å². The largest absolute Gasteiger partial charge is 0.440 e. The van der Waals surface area contributed by atoms with Gasteiger partial charge in [-0.3, -0.25) is 4.79 Å². The average molecular weight is 317 g/mol. The Hall–Kier alpha value is -1.79. The molecule has 1 atom stereocenters. The van der Waals surface area contributed by atoms with Crippen LogP contribution in [0.2, 0.25) is 0 Å². The summed E-state index contributed by atoms with van der Waals surface area (Å²) in [5, 5.41) is 0. The summed E-state index contributed by atoms with van der Waals surface area (Å²) >= 11 is 1.72. The van der Waals surface area contributed by atoms with Crippen LogP contribution in [0.15, 0.2) is 28.7 Å². The van der Waals surface area contributed by atoms with E-state index in [9.17, 15) is 4.79 Å². The minimum absolute atomic E-state index is 0.0693. The van der Waals surface area contributed by atoms with Crippen LogP contribution in [0.5, 0.6) is 0 Å². The highest BCUT2D eigenvalue weighted by molar-refractivity contribution is 7.99. The number of hydrogen-bond acceptors (Lipinski definition) is 5. The molecule has 6 heteroatoms. The third-order valence-electron chi connectivity index (χ3n) is 3.73. The lowest BCUT2D eigenvalue weighted by Crippen LogP contribution is -2.41. The molecular weight excluding hydrogens is 298 g/mol. The van der Waals surface area contributed by atoms with Gasteiger partial charge in [-0.15, -0.1) is 11.8 Å². The van der Waals surface area contributed by atoms with Crippen molar-refractivity contribution in [2.24, 2.45) is 5.73 Å². The van der Waals surface area contributed by atoms with Crippen LogP contribution in [0.1, 0.15) is 21.9 Å². The lowest BCUT2D eigenvalue weighted by atomic mass is 10.1. The van der Waals surface area contributed by atoms with Crippen molar-refractivity contribution in [3.63, 3.8) is 0 Å². The number of nitrogens with two attached hydrogens (primary N) is 1. The minimum Gasteiger partial charge on any atom is -0.440 e. The highest BCUT2D eigenvalue weighted by Gasteiger charge is 2.32. The van der Waals surface area contributed by atoms with Crippen molar-refractivity contribution in [1.29, 1.82) is 0 Å². The number of amides is 1. The minimum atomic E-state index is -0.103. The molecule has 22 heavy (non-hydrogen) atoms. The van der Waals surface area contributed by atoms with Crippen molar-refractivity contribution in [3.8, 4) is 11.3 Å². The molecule has 0 aliphatic carbocycles. The molecule has 0 saturated carbocycles. The van der Waals surface area contributed by atoms with Gasteiger partial charge in [-0.2, -0.15) is 0 Å². The molecule has 3 rings (SSSR count). The van der Waals surface area contributed by atoms with Crippen LogP contribution in [0.3, 0.4) is 0 Å². The molecule has 2 aromatic rings. The molecule has 1 aliphatic heterocycles. The molecule has 0 unspecified atom stereocenters. The van der Waals surface area contributed by atoms with Crippen molar-refractivity contribution in [2.45, 2.75) is 19.9 Å². The quantitative estimate of drug-likeness (QED) is 0.941. The third-order valence-corrected chi connectivity index (χ3v) is 4.81. The second kappa shape index (κ2) is 6.14. The number of oxazole rings is 1. The van der Waals surface area contributed by atoms with Gasteiger partial charge < -0.3 is 15.1 Å². The van der Waals surface area contributed by atoms with Crippen LogP contribution in [-0.4, -0.2) is 40.0 Å². The van der Waals surface area contributed by atoms with Crippen LogP contribution in [0, 0.1) is 13.8 Å². The summed E-state index contributed by atoms with van der Waals surface area (Å²) in [6.07, 6.45) is 0. The van der Waals surface area contributed by atoms with Gasteiger partial charge in [0.1, 0.15) is 0 Å². The van der Waals surface area contributed by atoms with Gasteiger partial charge in [-0.25, -0.2) is 4.98 Å². The van der Waals surface area contributed by atoms with Gasteiger partial charge in [0, 0.05) is 24.8 Å². The number of thioether (sulfide) groups is 1. The highest BCUT2D eigenvalue weighted by atomic mass is 32.2. The van der Waals surface area contributed by atoms with E-state index in [2.05, 4.69) is 4.98 Å². The van der Waals surface area contributed by atoms with Gasteiger partial charge in [0.2, 0.25) is 0 Å². The van der Waals surface area contributed by atoms with Gasteiger partial charge in [0.05, 0.1) is 11.9 Å². The van der Waals surface area contributed by atoms with E-state index in [1.807, 2.05) is 31.2 Å². The molecule has 0 bridgehead atoms. The first-order chi connectivity index (χ1) is 10.6. The smallest absolute Gasteiger partial charge is 0.277 e. The number of rotatable bonds is 3. The number of aryl methyl sites for hydroxylation is 2. The third kappa shape index (κ3) is 2.76. The standard InChI is InChI=1S/C16H19N3O2S/c1-10-4-3-5-12(6-10)15-14(18-11(2)21-15)16(20)19-9-22-8-13(19)7-17/h3-6,13H,7-9,17H2,1-2H3/t13-/m1/s1. The summed E-state index contributed by atoms with van der Waals surface area (Å²) in [5.74, 6) is 2.46. The molecule has 2 N–H and O–H groups in total. The monoisotopic (exact) mass is 317 g/mol. The Morgan fingerprint density at radius 2 is 2.32 bits per heavy atom. The molecule has 1 fully saturated rings. The summed E-state index contributed by atoms with van der Waals surface area (Å²) in [6.45, 7) is 4.24. The summed E-state index contributed by atoms with van der Waals surface area (Å²) in [5.41, 5.74) is 8.13. The highest BCUT2D eigenvalue weighted by Crippen LogP contribution is 2.29. The van der Waals surface area contributed by atoms with E-state index in [4.69, 9.17) is 10.2 Å². The van der Waals surface area contributed by atoms with E-state index < -0.39 is 0 Å². The Morgan fingerprint density at radius 3 is 3.05 bits per heavy atom. The SMILES string of the molecule is Cc1cccc(-c2oc(C)nc2C(=O)N2CSC[C@H]2CN)c1. The Balaban J connectivity index is 1.99. The molecule has 116 valence electrons. The molecule has 0 spiro atoms. The maximum atomic E-state index is 12.8. The zero-order chi connectivity index (χ0) is 15.7. The van der Waals surface area contributed by atoms with E-state index in [1.54, 1.807) is 23.6 Å². The number of carbonyl (C=O) groups excluding carboxylic acids is 1. The number of benzene rings is 1. The fourth-order valence-corrected chi connectivity index (χ4v) is 3.81. The summed E-state index contributed by atoms with van der Waals surface area (Å²) in [6, 6.07) is 7.96. The molecule has 1 aliphatic rings. The van der Waals surface area contributed by atoms with E-state index in [-0.39, 0.29) is 11.9 Å². The van der Waals surface area contributed by atoms with E-state index >= 15 is 0 Å². The average Bonchev–Trinajstić information content (AvgIpc) is 3.12. The maximum Gasteiger partial charge on any atom is 0.277 e. The van der Waals surface area contributed by atoms with Crippen molar-refractivity contribution >= 4 is 17.7 Å². The Morgan fingerprint density at radius 1 is 1.50 bits per heavy atom. The van der Waals surface area contributed by atoms with Crippen molar-refractivity contribution < 1.29 is 9.21 Å². The molecular formula is C16H19N3O2S. The normalized spacial score (nSPS) is 18.0. The maximum absolute atomic E-state index is 12.8. The second-order valence-electron chi connectivity index (χ2n) is 5.44. The van der Waals surface area contributed by atoms with Gasteiger partial charge in [0.15, 0.2) is 17.3 Å². The molecule has 1 saturated heterocycles. The van der Waals surface area contributed by atoms with Crippen LogP contribution >= 0.6 is 11.8 Å². The van der Waals surface area contributed by atoms with Crippen LogP contribution in [0.4, 0.5) is 0 Å². The number of carbonyl (C=O) groups is 1. The Labute approximate surface area is 133 Å². The Kier molecular flexibility index (Phi) is 4.22. The van der Waals surface area contributed by atoms with Crippen molar-refractivity contribution in [1.82, 2.24) is 9.88 Å². The molecule has 1 amide bonds. The molecule has 5 nitrogen and oxygen atoms in total. The molecule has 1 aromatic carbocycles. The zero-order valence-electron chi connectivity index (χ0n) is 12.7. The molecule has 0 radical (unpaired) electrons. The first-order valence-corrected chi connectivity index (χ1v) is 8.39. The summed E-state index contributed by atoms with van der Waals surface area (Å²) in [7, 11) is 0. The van der Waals surface area contributed by atoms with Gasteiger partial charge >= 0.3 is 0 Å². The summed E-state index contributed by atoms with van der Waals surface area (Å²) in [4.78, 5) is 19.0. The lowest BCUT2D eigenvalue weighted by molar-refractivity contribution is 0.0747. The van der Waals surface area contributed by atoms with Crippen molar-refractivity contribution in [2.75, 3.05) is 18.2 Å². The lowest BCUT2D eigenvalue weighted by Gasteiger charge is -2.21. The van der Waals surface area contributed by atoms with E-state index in [1.165, 1.54) is 0 Å². The number of nitrogens with zero attached hydrogens (tertiary/aromatic N) is 2. The van der Waals surface area contributed by atoms with E-state index in [0.29, 0.717) is 29.8 Å². The first kappa shape index (κ1) is 15.1. The molecule has 2 heterocycles. The molecule has 1 aromatic heterocycles. The first-order valence-electron chi connectivity index (χ1n) is 7.23. The van der Waals surface area contributed by atoms with Crippen LogP contribution in [-0.2, 0) is 0 Å². The van der Waals surface area contributed by atoms with Crippen LogP contribution < -0.4 is 5.73 Å². The fourth-order valence-electron chi connectivity index (χ4n) is 2.59. The van der Waals surface area contributed by atoms with Crippen LogP contribution in [0.25, 0.3) is 11.3 Å². The summed E-state index contributed by atoms with van der Waals surface area (Å²) < 4.78 is 5.71. The second-order valence-corrected chi connectivity index (χ2v) is 6.44. The predicted molar refractivity (Wildman–Crippen MR) is 87.7 cm³/mol. The topological polar surface area (TPSA) is 72.4 Å². The van der Waals surface area contributed by atoms with Gasteiger partial charge in [-0.05, 0) is 13.0 Å². The van der Waals surface area contributed by atoms with Gasteiger partial charge in [0.25, 0.3) is 5.91 Å².